The van der Waals surface area contributed by atoms with Crippen LogP contribution < -0.4 is 0 Å². The largest absolute Gasteiger partial charge is 0.276 e. The molecule has 18 heavy (non-hydrogen) atoms. The second-order valence-electron chi connectivity index (χ2n) is 4.31. The first-order valence-electron chi connectivity index (χ1n) is 5.83. The zero-order chi connectivity index (χ0) is 12.5. The SMILES string of the molecule is O=C(Cl)C1=C(c2ccccc2)[C@H]1c1ccccc1. The van der Waals surface area contributed by atoms with Crippen molar-refractivity contribution in [1.82, 2.24) is 0 Å². The fraction of sp³-hybridized carbons (Fsp3) is 0.0625. The Morgan fingerprint density at radius 3 is 2.00 bits per heavy atom. The van der Waals surface area contributed by atoms with Gasteiger partial charge in [0.05, 0.1) is 0 Å². The highest BCUT2D eigenvalue weighted by Crippen LogP contribution is 2.54. The van der Waals surface area contributed by atoms with Crippen LogP contribution in [0.1, 0.15) is 17.0 Å². The molecule has 0 unspecified atom stereocenters. The normalized spacial score (nSPS) is 17.7. The smallest absolute Gasteiger partial charge is 0.249 e. The van der Waals surface area contributed by atoms with Crippen LogP contribution in [0.4, 0.5) is 0 Å². The molecule has 0 spiro atoms. The molecule has 3 rings (SSSR count). The first-order valence-corrected chi connectivity index (χ1v) is 6.21. The quantitative estimate of drug-likeness (QED) is 0.757. The zero-order valence-corrected chi connectivity index (χ0v) is 10.4. The van der Waals surface area contributed by atoms with Crippen LogP contribution in [0.25, 0.3) is 5.57 Å². The molecule has 1 atom stereocenters. The topological polar surface area (TPSA) is 17.1 Å². The van der Waals surface area contributed by atoms with E-state index in [-0.39, 0.29) is 11.2 Å². The Bertz CT molecular complexity index is 614. The van der Waals surface area contributed by atoms with Crippen molar-refractivity contribution in [2.45, 2.75) is 5.92 Å². The summed E-state index contributed by atoms with van der Waals surface area (Å²) in [6, 6.07) is 19.9. The molecule has 88 valence electrons. The minimum Gasteiger partial charge on any atom is -0.276 e. The number of rotatable bonds is 3. The van der Waals surface area contributed by atoms with Gasteiger partial charge in [-0.3, -0.25) is 4.79 Å². The second kappa shape index (κ2) is 4.43. The van der Waals surface area contributed by atoms with Crippen LogP contribution in [0.15, 0.2) is 66.2 Å². The van der Waals surface area contributed by atoms with Crippen molar-refractivity contribution in [2.24, 2.45) is 0 Å². The number of halogens is 1. The molecule has 0 saturated carbocycles. The second-order valence-corrected chi connectivity index (χ2v) is 4.65. The van der Waals surface area contributed by atoms with Gasteiger partial charge in [0.15, 0.2) is 0 Å². The summed E-state index contributed by atoms with van der Waals surface area (Å²) < 4.78 is 0. The highest BCUT2D eigenvalue weighted by molar-refractivity contribution is 6.69. The summed E-state index contributed by atoms with van der Waals surface area (Å²) in [5, 5.41) is -0.345. The fourth-order valence-electron chi connectivity index (χ4n) is 2.36. The van der Waals surface area contributed by atoms with Crippen molar-refractivity contribution in [1.29, 1.82) is 0 Å². The Labute approximate surface area is 111 Å². The van der Waals surface area contributed by atoms with E-state index in [0.717, 1.165) is 22.3 Å². The molecule has 0 aromatic heterocycles. The van der Waals surface area contributed by atoms with Crippen molar-refractivity contribution >= 4 is 22.4 Å². The van der Waals surface area contributed by atoms with Gasteiger partial charge in [-0.15, -0.1) is 0 Å². The first-order chi connectivity index (χ1) is 8.79. The lowest BCUT2D eigenvalue weighted by Crippen LogP contribution is -1.88. The van der Waals surface area contributed by atoms with Crippen LogP contribution in [0.2, 0.25) is 0 Å². The molecule has 0 N–H and O–H groups in total. The predicted molar refractivity (Wildman–Crippen MR) is 73.4 cm³/mol. The Kier molecular flexibility index (Phi) is 2.77. The monoisotopic (exact) mass is 254 g/mol. The first kappa shape index (κ1) is 11.2. The van der Waals surface area contributed by atoms with Gasteiger partial charge in [0.2, 0.25) is 5.24 Å². The molecule has 2 aromatic carbocycles. The molecule has 1 nitrogen and oxygen atoms in total. The average Bonchev–Trinajstić information content (AvgIpc) is 3.16. The molecule has 0 bridgehead atoms. The van der Waals surface area contributed by atoms with E-state index < -0.39 is 0 Å². The third-order valence-electron chi connectivity index (χ3n) is 3.21. The van der Waals surface area contributed by atoms with E-state index in [2.05, 4.69) is 0 Å². The van der Waals surface area contributed by atoms with Gasteiger partial charge in [-0.1, -0.05) is 60.7 Å². The van der Waals surface area contributed by atoms with Crippen molar-refractivity contribution in [2.75, 3.05) is 0 Å². The minimum atomic E-state index is -0.345. The van der Waals surface area contributed by atoms with E-state index in [0.29, 0.717) is 0 Å². The van der Waals surface area contributed by atoms with Crippen LogP contribution >= 0.6 is 11.6 Å². The van der Waals surface area contributed by atoms with Crippen molar-refractivity contribution in [3.05, 3.63) is 77.4 Å². The lowest BCUT2D eigenvalue weighted by atomic mass is 10.0. The Hall–Kier alpha value is -1.86. The number of carbonyl (C=O) groups is 1. The van der Waals surface area contributed by atoms with E-state index in [1.165, 1.54) is 0 Å². The molecule has 0 fully saturated rings. The van der Waals surface area contributed by atoms with Crippen LogP contribution in [0.3, 0.4) is 0 Å². The van der Waals surface area contributed by atoms with E-state index in [1.54, 1.807) is 0 Å². The van der Waals surface area contributed by atoms with Gasteiger partial charge in [-0.25, -0.2) is 0 Å². The van der Waals surface area contributed by atoms with E-state index in [9.17, 15) is 4.79 Å². The Morgan fingerprint density at radius 2 is 1.44 bits per heavy atom. The van der Waals surface area contributed by atoms with Crippen LogP contribution in [-0.2, 0) is 4.79 Å². The molecule has 0 amide bonds. The van der Waals surface area contributed by atoms with Gasteiger partial charge >= 0.3 is 0 Å². The number of benzene rings is 2. The summed E-state index contributed by atoms with van der Waals surface area (Å²) >= 11 is 5.67. The summed E-state index contributed by atoms with van der Waals surface area (Å²) in [4.78, 5) is 11.5. The lowest BCUT2D eigenvalue weighted by molar-refractivity contribution is -0.108. The summed E-state index contributed by atoms with van der Waals surface area (Å²) in [5.41, 5.74) is 3.99. The molecular formula is C16H11ClO. The fourth-order valence-corrected chi connectivity index (χ4v) is 2.57. The van der Waals surface area contributed by atoms with Gasteiger partial charge in [0.1, 0.15) is 0 Å². The third-order valence-corrected chi connectivity index (χ3v) is 3.42. The van der Waals surface area contributed by atoms with Gasteiger partial charge in [-0.2, -0.15) is 0 Å². The van der Waals surface area contributed by atoms with Gasteiger partial charge in [0.25, 0.3) is 0 Å². The van der Waals surface area contributed by atoms with Gasteiger partial charge in [-0.05, 0) is 28.3 Å². The molecule has 0 radical (unpaired) electrons. The maximum Gasteiger partial charge on any atom is 0.249 e. The third kappa shape index (κ3) is 1.87. The van der Waals surface area contributed by atoms with Crippen LogP contribution in [-0.4, -0.2) is 5.24 Å². The molecule has 1 aliphatic carbocycles. The summed E-state index contributed by atoms with van der Waals surface area (Å²) in [5.74, 6) is 0.0681. The van der Waals surface area contributed by atoms with E-state index in [1.807, 2.05) is 60.7 Å². The van der Waals surface area contributed by atoms with Crippen molar-refractivity contribution < 1.29 is 4.79 Å². The summed E-state index contributed by atoms with van der Waals surface area (Å²) in [7, 11) is 0. The van der Waals surface area contributed by atoms with Crippen molar-refractivity contribution in [3.8, 4) is 0 Å². The highest BCUT2D eigenvalue weighted by atomic mass is 35.5. The summed E-state index contributed by atoms with van der Waals surface area (Å²) in [6.07, 6.45) is 0. The maximum atomic E-state index is 11.5. The van der Waals surface area contributed by atoms with E-state index in [4.69, 9.17) is 11.6 Å². The average molecular weight is 255 g/mol. The van der Waals surface area contributed by atoms with Crippen molar-refractivity contribution in [3.63, 3.8) is 0 Å². The lowest BCUT2D eigenvalue weighted by Gasteiger charge is -2.01. The number of allylic oxidation sites excluding steroid dienone is 2. The zero-order valence-electron chi connectivity index (χ0n) is 9.64. The maximum absolute atomic E-state index is 11.5. The molecule has 0 saturated heterocycles. The van der Waals surface area contributed by atoms with Gasteiger partial charge < -0.3 is 0 Å². The number of hydrogen-bond acceptors (Lipinski definition) is 1. The van der Waals surface area contributed by atoms with Gasteiger partial charge in [0, 0.05) is 11.5 Å². The molecule has 2 aromatic rings. The number of carbonyl (C=O) groups excluding carboxylic acids is 1. The van der Waals surface area contributed by atoms with Crippen LogP contribution in [0, 0.1) is 0 Å². The molecule has 1 aliphatic rings. The Balaban J connectivity index is 2.00. The molecular weight excluding hydrogens is 244 g/mol. The van der Waals surface area contributed by atoms with Crippen LogP contribution in [0.5, 0.6) is 0 Å². The molecule has 0 heterocycles. The molecule has 2 heteroatoms. The molecule has 0 aliphatic heterocycles. The summed E-state index contributed by atoms with van der Waals surface area (Å²) in [6.45, 7) is 0. The standard InChI is InChI=1S/C16H11ClO/c17-16(18)15-13(11-7-3-1-4-8-11)14(15)12-9-5-2-6-10-12/h1-10,13H/t13-/m1/s1. The number of hydrogen-bond donors (Lipinski definition) is 0. The highest BCUT2D eigenvalue weighted by Gasteiger charge is 2.42. The minimum absolute atomic E-state index is 0.0681. The predicted octanol–water partition coefficient (Wildman–Crippen LogP) is 4.00. The van der Waals surface area contributed by atoms with E-state index >= 15 is 0 Å². The Morgan fingerprint density at radius 1 is 0.889 bits per heavy atom.